The highest BCUT2D eigenvalue weighted by molar-refractivity contribution is 5.91. The van der Waals surface area contributed by atoms with Crippen molar-refractivity contribution < 1.29 is 19.2 Å². The molecular formula is C21H24N2O5. The van der Waals surface area contributed by atoms with Crippen molar-refractivity contribution in [3.05, 3.63) is 69.8 Å². The van der Waals surface area contributed by atoms with E-state index in [0.717, 1.165) is 18.4 Å². The molecule has 0 aromatic heterocycles. The maximum Gasteiger partial charge on any atom is 0.270 e. The molecule has 2 rings (SSSR count). The molecule has 2 aromatic carbocycles. The van der Waals surface area contributed by atoms with Crippen molar-refractivity contribution in [3.8, 4) is 11.5 Å². The summed E-state index contributed by atoms with van der Waals surface area (Å²) in [5, 5.41) is 13.6. The van der Waals surface area contributed by atoms with Gasteiger partial charge in [-0.1, -0.05) is 31.5 Å². The number of non-ortho nitro benzene ring substituents is 1. The van der Waals surface area contributed by atoms with Gasteiger partial charge in [-0.25, -0.2) is 0 Å². The molecule has 0 spiro atoms. The lowest BCUT2D eigenvalue weighted by Gasteiger charge is -2.12. The standard InChI is InChI=1S/C21H24N2O5/c1-3-4-12-28-19-10-8-17(14-20(19)27-2)15-22-21(24)11-9-16-6-5-7-18(13-16)23(25)26/h5-11,13-14H,3-4,12,15H2,1-2H3,(H,22,24)/b11-9+. The van der Waals surface area contributed by atoms with E-state index in [2.05, 4.69) is 12.2 Å². The first-order valence-electron chi connectivity index (χ1n) is 9.03. The monoisotopic (exact) mass is 384 g/mol. The first-order valence-corrected chi connectivity index (χ1v) is 9.03. The Bertz CT molecular complexity index is 848. The fourth-order valence-electron chi connectivity index (χ4n) is 2.43. The molecule has 1 amide bonds. The Kier molecular flexibility index (Phi) is 8.02. The normalized spacial score (nSPS) is 10.6. The number of amides is 1. The quantitative estimate of drug-likeness (QED) is 0.288. The van der Waals surface area contributed by atoms with Crippen molar-refractivity contribution in [3.63, 3.8) is 0 Å². The van der Waals surface area contributed by atoms with Gasteiger partial charge in [-0.05, 0) is 35.8 Å². The van der Waals surface area contributed by atoms with Gasteiger partial charge in [0.15, 0.2) is 11.5 Å². The third-order valence-corrected chi connectivity index (χ3v) is 3.96. The van der Waals surface area contributed by atoms with E-state index in [4.69, 9.17) is 9.47 Å². The van der Waals surface area contributed by atoms with Crippen LogP contribution in [0, 0.1) is 10.1 Å². The largest absolute Gasteiger partial charge is 0.493 e. The van der Waals surface area contributed by atoms with Crippen LogP contribution >= 0.6 is 0 Å². The third kappa shape index (κ3) is 6.42. The molecule has 2 aromatic rings. The Morgan fingerprint density at radius 1 is 1.21 bits per heavy atom. The smallest absolute Gasteiger partial charge is 0.270 e. The van der Waals surface area contributed by atoms with Gasteiger partial charge in [0.1, 0.15) is 0 Å². The van der Waals surface area contributed by atoms with E-state index in [0.29, 0.717) is 30.2 Å². The molecule has 0 unspecified atom stereocenters. The predicted molar refractivity (Wildman–Crippen MR) is 107 cm³/mol. The van der Waals surface area contributed by atoms with Gasteiger partial charge in [-0.2, -0.15) is 0 Å². The average molecular weight is 384 g/mol. The minimum absolute atomic E-state index is 0.0177. The maximum atomic E-state index is 12.0. The fourth-order valence-corrected chi connectivity index (χ4v) is 2.43. The number of ether oxygens (including phenoxy) is 2. The number of nitrogens with zero attached hydrogens (tertiary/aromatic N) is 1. The van der Waals surface area contributed by atoms with Gasteiger partial charge in [0.25, 0.3) is 5.69 Å². The maximum absolute atomic E-state index is 12.0. The van der Waals surface area contributed by atoms with Crippen molar-refractivity contribution in [2.75, 3.05) is 13.7 Å². The lowest BCUT2D eigenvalue weighted by Crippen LogP contribution is -2.20. The number of nitro groups is 1. The molecule has 7 heteroatoms. The van der Waals surface area contributed by atoms with Gasteiger partial charge in [0.2, 0.25) is 5.91 Å². The Hall–Kier alpha value is -3.35. The Labute approximate surface area is 164 Å². The number of carbonyl (C=O) groups is 1. The summed E-state index contributed by atoms with van der Waals surface area (Å²) in [6.07, 6.45) is 4.90. The first kappa shape index (κ1) is 21.0. The second-order valence-corrected chi connectivity index (χ2v) is 6.09. The lowest BCUT2D eigenvalue weighted by molar-refractivity contribution is -0.384. The first-order chi connectivity index (χ1) is 13.5. The average Bonchev–Trinajstić information content (AvgIpc) is 2.71. The molecule has 1 N–H and O–H groups in total. The highest BCUT2D eigenvalue weighted by Crippen LogP contribution is 2.28. The van der Waals surface area contributed by atoms with Crippen molar-refractivity contribution in [2.24, 2.45) is 0 Å². The molecule has 0 saturated heterocycles. The van der Waals surface area contributed by atoms with Crippen LogP contribution in [0.3, 0.4) is 0 Å². The van der Waals surface area contributed by atoms with Crippen LogP contribution in [0.1, 0.15) is 30.9 Å². The van der Waals surface area contributed by atoms with Gasteiger partial charge in [0, 0.05) is 24.8 Å². The molecule has 0 aliphatic rings. The van der Waals surface area contributed by atoms with Crippen molar-refractivity contribution >= 4 is 17.7 Å². The topological polar surface area (TPSA) is 90.7 Å². The number of nitro benzene ring substituents is 1. The number of rotatable bonds is 10. The van der Waals surface area contributed by atoms with Crippen molar-refractivity contribution in [2.45, 2.75) is 26.3 Å². The van der Waals surface area contributed by atoms with E-state index in [-0.39, 0.29) is 11.6 Å². The van der Waals surface area contributed by atoms with Crippen molar-refractivity contribution in [1.29, 1.82) is 0 Å². The molecular weight excluding hydrogens is 360 g/mol. The van der Waals surface area contributed by atoms with Crippen LogP contribution in [0.2, 0.25) is 0 Å². The zero-order valence-electron chi connectivity index (χ0n) is 16.0. The summed E-state index contributed by atoms with van der Waals surface area (Å²) in [5.41, 5.74) is 1.44. The Morgan fingerprint density at radius 2 is 2.04 bits per heavy atom. The molecule has 0 aliphatic carbocycles. The molecule has 0 atom stereocenters. The molecule has 28 heavy (non-hydrogen) atoms. The van der Waals surface area contributed by atoms with E-state index in [1.807, 2.05) is 18.2 Å². The zero-order chi connectivity index (χ0) is 20.4. The predicted octanol–water partition coefficient (Wildman–Crippen LogP) is 4.11. The molecule has 0 heterocycles. The van der Waals surface area contributed by atoms with Gasteiger partial charge >= 0.3 is 0 Å². The number of methoxy groups -OCH3 is 1. The summed E-state index contributed by atoms with van der Waals surface area (Å²) < 4.78 is 11.0. The van der Waals surface area contributed by atoms with E-state index in [9.17, 15) is 14.9 Å². The molecule has 7 nitrogen and oxygen atoms in total. The number of unbranched alkanes of at least 4 members (excludes halogenated alkanes) is 1. The molecule has 0 bridgehead atoms. The number of hydrogen-bond acceptors (Lipinski definition) is 5. The van der Waals surface area contributed by atoms with Crippen LogP contribution in [0.15, 0.2) is 48.5 Å². The second kappa shape index (κ2) is 10.7. The van der Waals surface area contributed by atoms with Gasteiger partial charge < -0.3 is 14.8 Å². The highest BCUT2D eigenvalue weighted by Gasteiger charge is 2.07. The minimum Gasteiger partial charge on any atom is -0.493 e. The molecule has 0 aliphatic heterocycles. The van der Waals surface area contributed by atoms with Gasteiger partial charge in [-0.15, -0.1) is 0 Å². The summed E-state index contributed by atoms with van der Waals surface area (Å²) in [7, 11) is 1.58. The number of benzene rings is 2. The van der Waals surface area contributed by atoms with Crippen molar-refractivity contribution in [1.82, 2.24) is 5.32 Å². The molecule has 148 valence electrons. The fraction of sp³-hybridized carbons (Fsp3) is 0.286. The van der Waals surface area contributed by atoms with Crippen LogP contribution in [-0.2, 0) is 11.3 Å². The summed E-state index contributed by atoms with van der Waals surface area (Å²) in [5.74, 6) is 1.00. The highest BCUT2D eigenvalue weighted by atomic mass is 16.6. The summed E-state index contributed by atoms with van der Waals surface area (Å²) in [6.45, 7) is 3.05. The van der Waals surface area contributed by atoms with Gasteiger partial charge in [-0.3, -0.25) is 14.9 Å². The Morgan fingerprint density at radius 3 is 2.75 bits per heavy atom. The second-order valence-electron chi connectivity index (χ2n) is 6.09. The minimum atomic E-state index is -0.472. The van der Waals surface area contributed by atoms with E-state index >= 15 is 0 Å². The van der Waals surface area contributed by atoms with Gasteiger partial charge in [0.05, 0.1) is 18.6 Å². The number of nitrogens with one attached hydrogen (secondary N) is 1. The summed E-state index contributed by atoms with van der Waals surface area (Å²) in [6, 6.07) is 11.6. The van der Waals surface area contributed by atoms with Crippen LogP contribution in [-0.4, -0.2) is 24.5 Å². The van der Waals surface area contributed by atoms with Crippen LogP contribution in [0.4, 0.5) is 5.69 Å². The SMILES string of the molecule is CCCCOc1ccc(CNC(=O)/C=C/c2cccc([N+](=O)[O-])c2)cc1OC. The van der Waals surface area contributed by atoms with E-state index < -0.39 is 4.92 Å². The summed E-state index contributed by atoms with van der Waals surface area (Å²) >= 11 is 0. The number of carbonyl (C=O) groups excluding carboxylic acids is 1. The van der Waals surface area contributed by atoms with E-state index in [1.165, 1.54) is 24.3 Å². The zero-order valence-corrected chi connectivity index (χ0v) is 16.0. The molecule has 0 saturated carbocycles. The third-order valence-electron chi connectivity index (χ3n) is 3.96. The molecule has 0 radical (unpaired) electrons. The molecule has 0 fully saturated rings. The van der Waals surface area contributed by atoms with Crippen LogP contribution in [0.5, 0.6) is 11.5 Å². The lowest BCUT2D eigenvalue weighted by atomic mass is 10.2. The van der Waals surface area contributed by atoms with Crippen LogP contribution in [0.25, 0.3) is 6.08 Å². The Balaban J connectivity index is 1.93. The summed E-state index contributed by atoms with van der Waals surface area (Å²) in [4.78, 5) is 22.3. The van der Waals surface area contributed by atoms with Crippen LogP contribution < -0.4 is 14.8 Å². The van der Waals surface area contributed by atoms with E-state index in [1.54, 1.807) is 19.2 Å². The number of hydrogen-bond donors (Lipinski definition) is 1.